The van der Waals surface area contributed by atoms with Crippen LogP contribution in [0.5, 0.6) is 0 Å². The molecular weight excluding hydrogens is 264 g/mol. The quantitative estimate of drug-likeness (QED) is 0.529. The van der Waals surface area contributed by atoms with Crippen molar-refractivity contribution >= 4 is 5.96 Å². The lowest BCUT2D eigenvalue weighted by molar-refractivity contribution is 0.0211. The SMILES string of the molecule is CCNC(=NCC(CC)CC)NCC(C)N1CCOCC1. The summed E-state index contributed by atoms with van der Waals surface area (Å²) in [6.45, 7) is 15.4. The number of nitrogens with one attached hydrogen (secondary N) is 2. The molecule has 0 bridgehead atoms. The maximum absolute atomic E-state index is 5.41. The lowest BCUT2D eigenvalue weighted by Gasteiger charge is -2.32. The third-order valence-corrected chi connectivity index (χ3v) is 4.24. The van der Waals surface area contributed by atoms with Gasteiger partial charge in [-0.05, 0) is 19.8 Å². The van der Waals surface area contributed by atoms with E-state index < -0.39 is 0 Å². The number of hydrogen-bond donors (Lipinski definition) is 2. The Bertz CT molecular complexity index is 286. The first-order chi connectivity index (χ1) is 10.2. The van der Waals surface area contributed by atoms with E-state index in [0.717, 1.165) is 51.9 Å². The fourth-order valence-electron chi connectivity index (χ4n) is 2.50. The van der Waals surface area contributed by atoms with Crippen LogP contribution in [0.2, 0.25) is 0 Å². The number of aliphatic imine (C=N–C) groups is 1. The van der Waals surface area contributed by atoms with Crippen molar-refractivity contribution < 1.29 is 4.74 Å². The lowest BCUT2D eigenvalue weighted by Crippen LogP contribution is -2.49. The largest absolute Gasteiger partial charge is 0.379 e. The molecule has 1 rings (SSSR count). The molecule has 0 aromatic rings. The van der Waals surface area contributed by atoms with E-state index in [-0.39, 0.29) is 0 Å². The van der Waals surface area contributed by atoms with Gasteiger partial charge in [0, 0.05) is 38.8 Å². The molecular formula is C16H34N4O. The number of ether oxygens (including phenoxy) is 1. The minimum absolute atomic E-state index is 0.505. The third-order valence-electron chi connectivity index (χ3n) is 4.24. The van der Waals surface area contributed by atoms with E-state index in [1.54, 1.807) is 0 Å². The maximum atomic E-state index is 5.41. The number of morpholine rings is 1. The molecule has 0 radical (unpaired) electrons. The van der Waals surface area contributed by atoms with Crippen LogP contribution in [0.25, 0.3) is 0 Å². The summed E-state index contributed by atoms with van der Waals surface area (Å²) in [5, 5.41) is 6.82. The number of guanidine groups is 1. The molecule has 1 saturated heterocycles. The summed E-state index contributed by atoms with van der Waals surface area (Å²) in [5.41, 5.74) is 0. The van der Waals surface area contributed by atoms with E-state index in [9.17, 15) is 0 Å². The van der Waals surface area contributed by atoms with E-state index in [4.69, 9.17) is 9.73 Å². The van der Waals surface area contributed by atoms with Crippen molar-refractivity contribution in [1.29, 1.82) is 0 Å². The molecule has 1 heterocycles. The van der Waals surface area contributed by atoms with Crippen LogP contribution in [0.1, 0.15) is 40.5 Å². The van der Waals surface area contributed by atoms with Gasteiger partial charge in [0.2, 0.25) is 0 Å². The highest BCUT2D eigenvalue weighted by molar-refractivity contribution is 5.79. The van der Waals surface area contributed by atoms with Crippen LogP contribution < -0.4 is 10.6 Å². The monoisotopic (exact) mass is 298 g/mol. The Hall–Kier alpha value is -0.810. The van der Waals surface area contributed by atoms with Crippen molar-refractivity contribution in [1.82, 2.24) is 15.5 Å². The smallest absolute Gasteiger partial charge is 0.191 e. The van der Waals surface area contributed by atoms with Gasteiger partial charge in [-0.15, -0.1) is 0 Å². The summed E-state index contributed by atoms with van der Waals surface area (Å²) in [5.74, 6) is 1.64. The number of hydrogen-bond acceptors (Lipinski definition) is 3. The third kappa shape index (κ3) is 7.14. The molecule has 2 N–H and O–H groups in total. The summed E-state index contributed by atoms with van der Waals surface area (Å²) in [4.78, 5) is 7.20. The minimum Gasteiger partial charge on any atom is -0.379 e. The fraction of sp³-hybridized carbons (Fsp3) is 0.938. The van der Waals surface area contributed by atoms with Gasteiger partial charge < -0.3 is 15.4 Å². The summed E-state index contributed by atoms with van der Waals surface area (Å²) >= 11 is 0. The predicted molar refractivity (Wildman–Crippen MR) is 89.9 cm³/mol. The van der Waals surface area contributed by atoms with Crippen molar-refractivity contribution in [2.45, 2.75) is 46.6 Å². The van der Waals surface area contributed by atoms with Crippen LogP contribution in [-0.2, 0) is 4.74 Å². The molecule has 0 amide bonds. The first-order valence-electron chi connectivity index (χ1n) is 8.55. The Morgan fingerprint density at radius 3 is 2.38 bits per heavy atom. The van der Waals surface area contributed by atoms with Crippen LogP contribution in [0.3, 0.4) is 0 Å². The zero-order valence-electron chi connectivity index (χ0n) is 14.3. The Balaban J connectivity index is 2.39. The average Bonchev–Trinajstić information content (AvgIpc) is 2.53. The molecule has 1 aliphatic rings. The van der Waals surface area contributed by atoms with Gasteiger partial charge in [-0.2, -0.15) is 0 Å². The molecule has 1 atom stereocenters. The molecule has 5 nitrogen and oxygen atoms in total. The van der Waals surface area contributed by atoms with Crippen molar-refractivity contribution in [2.75, 3.05) is 45.9 Å². The molecule has 1 aliphatic heterocycles. The Labute approximate surface area is 130 Å². The molecule has 0 aromatic carbocycles. The highest BCUT2D eigenvalue weighted by Crippen LogP contribution is 2.07. The second-order valence-electron chi connectivity index (χ2n) is 5.78. The predicted octanol–water partition coefficient (Wildman–Crippen LogP) is 1.70. The molecule has 0 aromatic heterocycles. The van der Waals surface area contributed by atoms with Crippen molar-refractivity contribution in [3.8, 4) is 0 Å². The zero-order valence-corrected chi connectivity index (χ0v) is 14.3. The van der Waals surface area contributed by atoms with E-state index in [1.165, 1.54) is 12.8 Å². The summed E-state index contributed by atoms with van der Waals surface area (Å²) in [7, 11) is 0. The second-order valence-corrected chi connectivity index (χ2v) is 5.78. The molecule has 21 heavy (non-hydrogen) atoms. The lowest BCUT2D eigenvalue weighted by atomic mass is 10.0. The topological polar surface area (TPSA) is 48.9 Å². The van der Waals surface area contributed by atoms with Crippen molar-refractivity contribution in [3.63, 3.8) is 0 Å². The first-order valence-corrected chi connectivity index (χ1v) is 8.55. The maximum Gasteiger partial charge on any atom is 0.191 e. The van der Waals surface area contributed by atoms with E-state index in [1.807, 2.05) is 0 Å². The first kappa shape index (κ1) is 18.2. The summed E-state index contributed by atoms with van der Waals surface area (Å²) in [6, 6.07) is 0.505. The number of nitrogens with zero attached hydrogens (tertiary/aromatic N) is 2. The van der Waals surface area contributed by atoms with Crippen LogP contribution >= 0.6 is 0 Å². The molecule has 124 valence electrons. The molecule has 1 unspecified atom stereocenters. The van der Waals surface area contributed by atoms with Crippen molar-refractivity contribution in [2.24, 2.45) is 10.9 Å². The second kappa shape index (κ2) is 10.9. The van der Waals surface area contributed by atoms with Gasteiger partial charge in [0.25, 0.3) is 0 Å². The van der Waals surface area contributed by atoms with Crippen LogP contribution in [0, 0.1) is 5.92 Å². The van der Waals surface area contributed by atoms with Crippen LogP contribution in [0.4, 0.5) is 0 Å². The molecule has 0 spiro atoms. The average molecular weight is 298 g/mol. The summed E-state index contributed by atoms with van der Waals surface area (Å²) < 4.78 is 5.41. The Kier molecular flexibility index (Phi) is 9.42. The van der Waals surface area contributed by atoms with Gasteiger partial charge in [-0.25, -0.2) is 0 Å². The minimum atomic E-state index is 0.505. The van der Waals surface area contributed by atoms with Gasteiger partial charge in [-0.3, -0.25) is 9.89 Å². The highest BCUT2D eigenvalue weighted by Gasteiger charge is 2.17. The van der Waals surface area contributed by atoms with Gasteiger partial charge in [0.1, 0.15) is 0 Å². The molecule has 0 aliphatic carbocycles. The highest BCUT2D eigenvalue weighted by atomic mass is 16.5. The van der Waals surface area contributed by atoms with Gasteiger partial charge >= 0.3 is 0 Å². The molecule has 1 fully saturated rings. The van der Waals surface area contributed by atoms with Gasteiger partial charge in [-0.1, -0.05) is 26.7 Å². The standard InChI is InChI=1S/C16H34N4O/c1-5-15(6-2)13-19-16(17-7-3)18-12-14(4)20-8-10-21-11-9-20/h14-15H,5-13H2,1-4H3,(H2,17,18,19). The van der Waals surface area contributed by atoms with E-state index in [2.05, 4.69) is 43.2 Å². The van der Waals surface area contributed by atoms with Crippen LogP contribution in [-0.4, -0.2) is 62.8 Å². The van der Waals surface area contributed by atoms with E-state index >= 15 is 0 Å². The van der Waals surface area contributed by atoms with Gasteiger partial charge in [0.15, 0.2) is 5.96 Å². The van der Waals surface area contributed by atoms with Crippen LogP contribution in [0.15, 0.2) is 4.99 Å². The summed E-state index contributed by atoms with van der Waals surface area (Å²) in [6.07, 6.45) is 2.40. The Morgan fingerprint density at radius 2 is 1.81 bits per heavy atom. The number of rotatable bonds is 8. The zero-order chi connectivity index (χ0) is 15.5. The van der Waals surface area contributed by atoms with E-state index in [0.29, 0.717) is 12.0 Å². The molecule has 5 heteroatoms. The fourth-order valence-corrected chi connectivity index (χ4v) is 2.50. The van der Waals surface area contributed by atoms with Gasteiger partial charge in [0.05, 0.1) is 13.2 Å². The normalized spacial score (nSPS) is 18.8. The van der Waals surface area contributed by atoms with Crippen molar-refractivity contribution in [3.05, 3.63) is 0 Å². The Morgan fingerprint density at radius 1 is 1.14 bits per heavy atom. The molecule has 0 saturated carbocycles.